The fourth-order valence-corrected chi connectivity index (χ4v) is 2.08. The van der Waals surface area contributed by atoms with E-state index in [-0.39, 0.29) is 12.6 Å². The maximum absolute atomic E-state index is 9.04. The number of aromatic nitrogens is 2. The molecule has 1 unspecified atom stereocenters. The zero-order valence-electron chi connectivity index (χ0n) is 10.1. The predicted molar refractivity (Wildman–Crippen MR) is 68.9 cm³/mol. The summed E-state index contributed by atoms with van der Waals surface area (Å²) in [6, 6.07) is 8.45. The van der Waals surface area contributed by atoms with E-state index in [1.165, 1.54) is 0 Å². The molecule has 1 heterocycles. The van der Waals surface area contributed by atoms with Crippen molar-refractivity contribution >= 4 is 10.9 Å². The summed E-state index contributed by atoms with van der Waals surface area (Å²) in [6.07, 6.45) is 2.64. The first-order chi connectivity index (χ1) is 8.35. The minimum atomic E-state index is 0.205. The van der Waals surface area contributed by atoms with Gasteiger partial charge in [-0.25, -0.2) is 0 Å². The molecule has 0 fully saturated rings. The summed E-state index contributed by atoms with van der Waals surface area (Å²) in [6.45, 7) is 3.98. The molecule has 2 aromatic rings. The van der Waals surface area contributed by atoms with Gasteiger partial charge < -0.3 is 10.4 Å². The second-order valence-corrected chi connectivity index (χ2v) is 4.15. The summed E-state index contributed by atoms with van der Waals surface area (Å²) in [4.78, 5) is 0. The molecule has 0 bridgehead atoms. The third-order valence-electron chi connectivity index (χ3n) is 2.91. The van der Waals surface area contributed by atoms with Gasteiger partial charge in [-0.05, 0) is 19.0 Å². The summed E-state index contributed by atoms with van der Waals surface area (Å²) in [5, 5.41) is 18.0. The van der Waals surface area contributed by atoms with Crippen LogP contribution in [0.15, 0.2) is 30.5 Å². The normalized spacial score (nSPS) is 13.1. The molecule has 2 rings (SSSR count). The first kappa shape index (κ1) is 12.1. The Morgan fingerprint density at radius 1 is 1.41 bits per heavy atom. The molecule has 92 valence electrons. The Bertz CT molecular complexity index is 460. The first-order valence-corrected chi connectivity index (χ1v) is 6.10. The lowest BCUT2D eigenvalue weighted by Crippen LogP contribution is -2.34. The summed E-state index contributed by atoms with van der Waals surface area (Å²) in [5.41, 5.74) is 1.15. The van der Waals surface area contributed by atoms with E-state index in [1.807, 2.05) is 23.0 Å². The Morgan fingerprint density at radius 2 is 2.24 bits per heavy atom. The molecule has 1 aromatic carbocycles. The van der Waals surface area contributed by atoms with Crippen molar-refractivity contribution in [2.24, 2.45) is 0 Å². The standard InChI is InChI=1S/C13H19N3O/c1-2-14-12(7-8-17)10-16-13-6-4-3-5-11(13)9-15-16/h3-6,9,12,14,17H,2,7-8,10H2,1H3. The van der Waals surface area contributed by atoms with E-state index in [0.717, 1.165) is 30.4 Å². The van der Waals surface area contributed by atoms with Crippen molar-refractivity contribution in [2.75, 3.05) is 13.2 Å². The minimum absolute atomic E-state index is 0.205. The maximum atomic E-state index is 9.04. The molecule has 2 N–H and O–H groups in total. The van der Waals surface area contributed by atoms with E-state index in [9.17, 15) is 0 Å². The average molecular weight is 233 g/mol. The molecule has 4 nitrogen and oxygen atoms in total. The zero-order valence-corrected chi connectivity index (χ0v) is 10.1. The molecular weight excluding hydrogens is 214 g/mol. The van der Waals surface area contributed by atoms with Crippen LogP contribution in [0.3, 0.4) is 0 Å². The number of fused-ring (bicyclic) bond motifs is 1. The molecule has 4 heteroatoms. The summed E-state index contributed by atoms with van der Waals surface area (Å²) < 4.78 is 2.00. The van der Waals surface area contributed by atoms with Gasteiger partial charge in [-0.3, -0.25) is 4.68 Å². The number of nitrogens with one attached hydrogen (secondary N) is 1. The molecule has 0 saturated heterocycles. The predicted octanol–water partition coefficient (Wildman–Crippen LogP) is 1.40. The van der Waals surface area contributed by atoms with E-state index in [0.29, 0.717) is 0 Å². The number of rotatable bonds is 6. The summed E-state index contributed by atoms with van der Waals surface area (Å²) >= 11 is 0. The largest absolute Gasteiger partial charge is 0.396 e. The number of likely N-dealkylation sites (N-methyl/N-ethyl adjacent to an activating group) is 1. The molecule has 0 aliphatic heterocycles. The van der Waals surface area contributed by atoms with E-state index in [4.69, 9.17) is 5.11 Å². The van der Waals surface area contributed by atoms with Crippen LogP contribution < -0.4 is 5.32 Å². The van der Waals surface area contributed by atoms with Crippen molar-refractivity contribution in [3.8, 4) is 0 Å². The third kappa shape index (κ3) is 2.84. The van der Waals surface area contributed by atoms with Crippen LogP contribution >= 0.6 is 0 Å². The lowest BCUT2D eigenvalue weighted by atomic mass is 10.2. The van der Waals surface area contributed by atoms with E-state index < -0.39 is 0 Å². The highest BCUT2D eigenvalue weighted by Crippen LogP contribution is 2.13. The van der Waals surface area contributed by atoms with E-state index >= 15 is 0 Å². The lowest BCUT2D eigenvalue weighted by Gasteiger charge is -2.17. The van der Waals surface area contributed by atoms with Crippen molar-refractivity contribution in [3.63, 3.8) is 0 Å². The highest BCUT2D eigenvalue weighted by atomic mass is 16.3. The van der Waals surface area contributed by atoms with Crippen LogP contribution in [-0.4, -0.2) is 34.1 Å². The van der Waals surface area contributed by atoms with Gasteiger partial charge in [-0.15, -0.1) is 0 Å². The van der Waals surface area contributed by atoms with Crippen LogP contribution in [0.1, 0.15) is 13.3 Å². The van der Waals surface area contributed by atoms with Gasteiger partial charge in [0.15, 0.2) is 0 Å². The van der Waals surface area contributed by atoms with Crippen LogP contribution in [-0.2, 0) is 6.54 Å². The molecule has 0 amide bonds. The number of nitrogens with zero attached hydrogens (tertiary/aromatic N) is 2. The van der Waals surface area contributed by atoms with E-state index in [1.54, 1.807) is 0 Å². The van der Waals surface area contributed by atoms with Crippen LogP contribution in [0.5, 0.6) is 0 Å². The number of hydrogen-bond acceptors (Lipinski definition) is 3. The molecule has 17 heavy (non-hydrogen) atoms. The summed E-state index contributed by atoms with van der Waals surface area (Å²) in [5.74, 6) is 0. The van der Waals surface area contributed by atoms with Gasteiger partial charge in [0, 0.05) is 18.0 Å². The topological polar surface area (TPSA) is 50.1 Å². The number of benzene rings is 1. The van der Waals surface area contributed by atoms with Gasteiger partial charge in [0.2, 0.25) is 0 Å². The van der Waals surface area contributed by atoms with Gasteiger partial charge in [-0.2, -0.15) is 5.10 Å². The van der Waals surface area contributed by atoms with Gasteiger partial charge in [-0.1, -0.05) is 25.1 Å². The third-order valence-corrected chi connectivity index (χ3v) is 2.91. The smallest absolute Gasteiger partial charge is 0.0683 e. The van der Waals surface area contributed by atoms with Gasteiger partial charge in [0.05, 0.1) is 18.3 Å². The molecule has 0 radical (unpaired) electrons. The van der Waals surface area contributed by atoms with Crippen LogP contribution in [0, 0.1) is 0 Å². The monoisotopic (exact) mass is 233 g/mol. The minimum Gasteiger partial charge on any atom is -0.396 e. The molecule has 0 spiro atoms. The van der Waals surface area contributed by atoms with Crippen molar-refractivity contribution in [1.29, 1.82) is 0 Å². The molecule has 0 saturated carbocycles. The van der Waals surface area contributed by atoms with Crippen LogP contribution in [0.2, 0.25) is 0 Å². The van der Waals surface area contributed by atoms with Crippen molar-refractivity contribution < 1.29 is 5.11 Å². The second-order valence-electron chi connectivity index (χ2n) is 4.15. The van der Waals surface area contributed by atoms with E-state index in [2.05, 4.69) is 29.5 Å². The molecule has 0 aliphatic rings. The van der Waals surface area contributed by atoms with Gasteiger partial charge in [0.1, 0.15) is 0 Å². The number of para-hydroxylation sites is 1. The van der Waals surface area contributed by atoms with Gasteiger partial charge >= 0.3 is 0 Å². The maximum Gasteiger partial charge on any atom is 0.0683 e. The molecule has 1 atom stereocenters. The van der Waals surface area contributed by atoms with Crippen LogP contribution in [0.4, 0.5) is 0 Å². The SMILES string of the molecule is CCNC(CCO)Cn1ncc2ccccc21. The number of hydrogen-bond donors (Lipinski definition) is 2. The van der Waals surface area contributed by atoms with Crippen LogP contribution in [0.25, 0.3) is 10.9 Å². The number of aliphatic hydroxyl groups is 1. The van der Waals surface area contributed by atoms with Gasteiger partial charge in [0.25, 0.3) is 0 Å². The Balaban J connectivity index is 2.15. The molecule has 0 aliphatic carbocycles. The average Bonchev–Trinajstić information content (AvgIpc) is 2.74. The number of aliphatic hydroxyl groups excluding tert-OH is 1. The second kappa shape index (κ2) is 5.80. The Morgan fingerprint density at radius 3 is 3.00 bits per heavy atom. The van der Waals surface area contributed by atoms with Crippen molar-refractivity contribution in [1.82, 2.24) is 15.1 Å². The zero-order chi connectivity index (χ0) is 12.1. The van der Waals surface area contributed by atoms with Crippen molar-refractivity contribution in [2.45, 2.75) is 25.9 Å². The highest BCUT2D eigenvalue weighted by Gasteiger charge is 2.09. The highest BCUT2D eigenvalue weighted by molar-refractivity contribution is 5.78. The quantitative estimate of drug-likeness (QED) is 0.793. The Hall–Kier alpha value is -1.39. The molecular formula is C13H19N3O. The molecule has 1 aromatic heterocycles. The Kier molecular flexibility index (Phi) is 4.12. The van der Waals surface area contributed by atoms with Crippen molar-refractivity contribution in [3.05, 3.63) is 30.5 Å². The lowest BCUT2D eigenvalue weighted by molar-refractivity contribution is 0.256. The fourth-order valence-electron chi connectivity index (χ4n) is 2.08. The Labute approximate surface area is 101 Å². The summed E-state index contributed by atoms with van der Waals surface area (Å²) in [7, 11) is 0. The fraction of sp³-hybridized carbons (Fsp3) is 0.462. The first-order valence-electron chi connectivity index (χ1n) is 6.10.